The highest BCUT2D eigenvalue weighted by atomic mass is 32.1. The Bertz CT molecular complexity index is 1470. The SMILES string of the molecule is CC(=O)c1c(-c2nc3ccccc3n2C(F)F)csc1NC(=O)c1cc2ccccc2o1. The number of hydrogen-bond acceptors (Lipinski definition) is 5. The molecule has 3 heterocycles. The topological polar surface area (TPSA) is 77.1 Å². The number of fused-ring (bicyclic) bond motifs is 2. The van der Waals surface area contributed by atoms with Gasteiger partial charge in [0.25, 0.3) is 5.91 Å². The van der Waals surface area contributed by atoms with Gasteiger partial charge in [0.15, 0.2) is 11.5 Å². The highest BCUT2D eigenvalue weighted by Crippen LogP contribution is 2.39. The van der Waals surface area contributed by atoms with Crippen molar-refractivity contribution in [3.63, 3.8) is 0 Å². The number of nitrogens with zero attached hydrogens (tertiary/aromatic N) is 2. The number of Topliss-reactive ketones (excluding diaryl/α,β-unsaturated/α-hetero) is 1. The zero-order valence-corrected chi connectivity index (χ0v) is 17.5. The van der Waals surface area contributed by atoms with Crippen LogP contribution in [-0.4, -0.2) is 21.2 Å². The molecule has 0 aliphatic carbocycles. The fourth-order valence-corrected chi connectivity index (χ4v) is 4.64. The van der Waals surface area contributed by atoms with Gasteiger partial charge in [-0.05, 0) is 31.2 Å². The van der Waals surface area contributed by atoms with Crippen molar-refractivity contribution in [2.45, 2.75) is 13.5 Å². The van der Waals surface area contributed by atoms with Crippen molar-refractivity contribution < 1.29 is 22.8 Å². The van der Waals surface area contributed by atoms with E-state index in [0.717, 1.165) is 21.3 Å². The average Bonchev–Trinajstić information content (AvgIpc) is 3.47. The molecule has 6 nitrogen and oxygen atoms in total. The first-order chi connectivity index (χ1) is 15.4. The number of amides is 1. The molecule has 0 atom stereocenters. The number of aromatic nitrogens is 2. The number of halogens is 2. The van der Waals surface area contributed by atoms with Crippen molar-refractivity contribution in [2.75, 3.05) is 5.32 Å². The summed E-state index contributed by atoms with van der Waals surface area (Å²) >= 11 is 1.07. The van der Waals surface area contributed by atoms with E-state index in [1.165, 1.54) is 6.92 Å². The van der Waals surface area contributed by atoms with Gasteiger partial charge in [0, 0.05) is 16.3 Å². The Balaban J connectivity index is 1.58. The number of furan rings is 1. The first-order valence-corrected chi connectivity index (χ1v) is 10.5. The number of anilines is 1. The molecule has 0 spiro atoms. The quantitative estimate of drug-likeness (QED) is 0.315. The van der Waals surface area contributed by atoms with Gasteiger partial charge in [0.1, 0.15) is 16.4 Å². The Morgan fingerprint density at radius 1 is 1.12 bits per heavy atom. The lowest BCUT2D eigenvalue weighted by Crippen LogP contribution is -2.12. The molecule has 32 heavy (non-hydrogen) atoms. The van der Waals surface area contributed by atoms with Gasteiger partial charge in [-0.1, -0.05) is 30.3 Å². The molecule has 3 aromatic heterocycles. The highest BCUT2D eigenvalue weighted by Gasteiger charge is 2.26. The molecular formula is C23H15F2N3O3S. The summed E-state index contributed by atoms with van der Waals surface area (Å²) in [6, 6.07) is 15.3. The molecule has 0 unspecified atom stereocenters. The number of hydrogen-bond donors (Lipinski definition) is 1. The first-order valence-electron chi connectivity index (χ1n) is 9.62. The van der Waals surface area contributed by atoms with Crippen molar-refractivity contribution in [3.05, 3.63) is 71.3 Å². The molecule has 0 aliphatic heterocycles. The van der Waals surface area contributed by atoms with E-state index >= 15 is 0 Å². The number of imidazole rings is 1. The minimum absolute atomic E-state index is 0.0353. The molecule has 2 aromatic carbocycles. The van der Waals surface area contributed by atoms with E-state index in [-0.39, 0.29) is 39.0 Å². The molecule has 0 fully saturated rings. The number of ketones is 1. The zero-order chi connectivity index (χ0) is 22.4. The maximum Gasteiger partial charge on any atom is 0.320 e. The summed E-state index contributed by atoms with van der Waals surface area (Å²) in [6.45, 7) is -1.54. The number of para-hydroxylation sites is 3. The van der Waals surface area contributed by atoms with Crippen LogP contribution in [0, 0.1) is 0 Å². The zero-order valence-electron chi connectivity index (χ0n) is 16.6. The van der Waals surface area contributed by atoms with Gasteiger partial charge in [-0.25, -0.2) is 4.98 Å². The van der Waals surface area contributed by atoms with Gasteiger partial charge in [0.2, 0.25) is 0 Å². The molecule has 1 N–H and O–H groups in total. The smallest absolute Gasteiger partial charge is 0.320 e. The van der Waals surface area contributed by atoms with Gasteiger partial charge < -0.3 is 9.73 Å². The number of alkyl halides is 2. The van der Waals surface area contributed by atoms with Crippen molar-refractivity contribution in [3.8, 4) is 11.4 Å². The summed E-state index contributed by atoms with van der Waals surface area (Å²) in [7, 11) is 0. The molecule has 160 valence electrons. The van der Waals surface area contributed by atoms with Gasteiger partial charge >= 0.3 is 6.55 Å². The number of carbonyl (C=O) groups is 2. The lowest BCUT2D eigenvalue weighted by Gasteiger charge is -2.09. The Kier molecular flexibility index (Phi) is 4.82. The van der Waals surface area contributed by atoms with Gasteiger partial charge in [-0.2, -0.15) is 8.78 Å². The number of benzene rings is 2. The molecule has 0 bridgehead atoms. The Hall–Kier alpha value is -3.85. The monoisotopic (exact) mass is 451 g/mol. The van der Waals surface area contributed by atoms with Gasteiger partial charge in [-0.15, -0.1) is 11.3 Å². The third-order valence-electron chi connectivity index (χ3n) is 5.05. The van der Waals surface area contributed by atoms with Crippen LogP contribution in [0.5, 0.6) is 0 Å². The molecule has 1 amide bonds. The molecule has 9 heteroatoms. The summed E-state index contributed by atoms with van der Waals surface area (Å²) in [6.07, 6.45) is 0. The van der Waals surface area contributed by atoms with Gasteiger partial charge in [0.05, 0.1) is 16.6 Å². The molecule has 5 aromatic rings. The molecule has 0 saturated carbocycles. The van der Waals surface area contributed by atoms with Crippen molar-refractivity contribution in [1.82, 2.24) is 9.55 Å². The van der Waals surface area contributed by atoms with E-state index in [9.17, 15) is 18.4 Å². The third-order valence-corrected chi connectivity index (χ3v) is 5.95. The molecule has 5 rings (SSSR count). The predicted octanol–water partition coefficient (Wildman–Crippen LogP) is 6.36. The Labute approximate surface area is 184 Å². The first kappa shape index (κ1) is 20.1. The second kappa shape index (κ2) is 7.69. The summed E-state index contributed by atoms with van der Waals surface area (Å²) < 4.78 is 34.2. The standard InChI is InChI=1S/C23H15F2N3O3S/c1-12(29)19-14(20-26-15-7-3-4-8-16(15)28(20)23(24)25)11-32-22(19)27-21(30)18-10-13-6-2-5-9-17(13)31-18/h2-11,23H,1H3,(H,27,30). The van der Waals surface area contributed by atoms with Crippen LogP contribution in [0.1, 0.15) is 34.4 Å². The largest absolute Gasteiger partial charge is 0.451 e. The van der Waals surface area contributed by atoms with E-state index in [1.54, 1.807) is 47.8 Å². The molecule has 0 radical (unpaired) electrons. The van der Waals surface area contributed by atoms with Crippen LogP contribution in [0.2, 0.25) is 0 Å². The average molecular weight is 451 g/mol. The van der Waals surface area contributed by atoms with E-state index in [2.05, 4.69) is 10.3 Å². The number of nitrogens with one attached hydrogen (secondary N) is 1. The van der Waals surface area contributed by atoms with Crippen LogP contribution in [0.4, 0.5) is 13.8 Å². The minimum atomic E-state index is -2.86. The van der Waals surface area contributed by atoms with Gasteiger partial charge in [-0.3, -0.25) is 14.2 Å². The van der Waals surface area contributed by atoms with Crippen molar-refractivity contribution in [2.24, 2.45) is 0 Å². The number of thiophene rings is 1. The fourth-order valence-electron chi connectivity index (χ4n) is 3.65. The second-order valence-corrected chi connectivity index (χ2v) is 7.96. The lowest BCUT2D eigenvalue weighted by atomic mass is 10.1. The van der Waals surface area contributed by atoms with E-state index in [1.807, 2.05) is 12.1 Å². The predicted molar refractivity (Wildman–Crippen MR) is 118 cm³/mol. The van der Waals surface area contributed by atoms with E-state index in [0.29, 0.717) is 11.1 Å². The van der Waals surface area contributed by atoms with Crippen molar-refractivity contribution in [1.29, 1.82) is 0 Å². The van der Waals surface area contributed by atoms with Crippen LogP contribution in [0.3, 0.4) is 0 Å². The minimum Gasteiger partial charge on any atom is -0.451 e. The summed E-state index contributed by atoms with van der Waals surface area (Å²) in [5.41, 5.74) is 1.56. The maximum absolute atomic E-state index is 13.9. The highest BCUT2D eigenvalue weighted by molar-refractivity contribution is 7.15. The van der Waals surface area contributed by atoms with Crippen LogP contribution < -0.4 is 5.32 Å². The van der Waals surface area contributed by atoms with E-state index in [4.69, 9.17) is 4.42 Å². The summed E-state index contributed by atoms with van der Waals surface area (Å²) in [5, 5.41) is 5.24. The molecular weight excluding hydrogens is 436 g/mol. The van der Waals surface area contributed by atoms with Crippen LogP contribution in [0.25, 0.3) is 33.4 Å². The molecule has 0 aliphatic rings. The van der Waals surface area contributed by atoms with Crippen molar-refractivity contribution >= 4 is 50.0 Å². The van der Waals surface area contributed by atoms with E-state index < -0.39 is 12.5 Å². The summed E-state index contributed by atoms with van der Waals surface area (Å²) in [5.74, 6) is -0.879. The fraction of sp³-hybridized carbons (Fsp3) is 0.0870. The number of rotatable bonds is 5. The Morgan fingerprint density at radius 3 is 2.62 bits per heavy atom. The molecule has 0 saturated heterocycles. The lowest BCUT2D eigenvalue weighted by molar-refractivity contribution is 0.0763. The Morgan fingerprint density at radius 2 is 1.88 bits per heavy atom. The summed E-state index contributed by atoms with van der Waals surface area (Å²) in [4.78, 5) is 29.6. The maximum atomic E-state index is 13.9. The van der Waals surface area contributed by atoms with Crippen LogP contribution >= 0.6 is 11.3 Å². The second-order valence-electron chi connectivity index (χ2n) is 7.08. The van der Waals surface area contributed by atoms with Crippen LogP contribution in [-0.2, 0) is 0 Å². The number of carbonyl (C=O) groups excluding carboxylic acids is 2. The normalized spacial score (nSPS) is 11.5. The van der Waals surface area contributed by atoms with Crippen LogP contribution in [0.15, 0.2) is 64.4 Å². The third kappa shape index (κ3) is 3.27.